The molecular weight excluding hydrogens is 194 g/mol. The highest BCUT2D eigenvalue weighted by Crippen LogP contribution is 2.16. The van der Waals surface area contributed by atoms with Gasteiger partial charge in [-0.05, 0) is 6.92 Å². The van der Waals surface area contributed by atoms with Crippen LogP contribution in [0.15, 0.2) is 11.9 Å². The molecule has 1 amide bonds. The van der Waals surface area contributed by atoms with E-state index in [0.717, 1.165) is 13.1 Å². The SMILES string of the molecule is COC(=O)NC(C)CC1=CN(C)CN1C. The van der Waals surface area contributed by atoms with Crippen LogP contribution in [-0.2, 0) is 4.74 Å². The third-order valence-corrected chi connectivity index (χ3v) is 2.36. The molecule has 0 aliphatic carbocycles. The molecule has 5 nitrogen and oxygen atoms in total. The second-order valence-corrected chi connectivity index (χ2v) is 3.96. The highest BCUT2D eigenvalue weighted by molar-refractivity contribution is 5.67. The molecule has 0 bridgehead atoms. The van der Waals surface area contributed by atoms with Crippen molar-refractivity contribution >= 4 is 6.09 Å². The van der Waals surface area contributed by atoms with Crippen LogP contribution in [0.4, 0.5) is 4.79 Å². The van der Waals surface area contributed by atoms with Crippen molar-refractivity contribution in [2.24, 2.45) is 0 Å². The topological polar surface area (TPSA) is 44.8 Å². The van der Waals surface area contributed by atoms with Gasteiger partial charge >= 0.3 is 6.09 Å². The number of nitrogens with one attached hydrogen (secondary N) is 1. The van der Waals surface area contributed by atoms with Crippen LogP contribution in [0, 0.1) is 0 Å². The molecule has 15 heavy (non-hydrogen) atoms. The van der Waals surface area contributed by atoms with Gasteiger partial charge in [0.1, 0.15) is 0 Å². The summed E-state index contributed by atoms with van der Waals surface area (Å²) >= 11 is 0. The molecular formula is C10H19N3O2. The number of ether oxygens (including phenoxy) is 1. The average molecular weight is 213 g/mol. The maximum Gasteiger partial charge on any atom is 0.407 e. The first-order chi connectivity index (χ1) is 7.02. The Labute approximate surface area is 90.7 Å². The van der Waals surface area contributed by atoms with Crippen molar-refractivity contribution in [3.05, 3.63) is 11.9 Å². The fourth-order valence-corrected chi connectivity index (χ4v) is 1.65. The second kappa shape index (κ2) is 4.91. The van der Waals surface area contributed by atoms with Crippen LogP contribution in [0.2, 0.25) is 0 Å². The first-order valence-electron chi connectivity index (χ1n) is 4.99. The molecule has 0 aromatic carbocycles. The maximum absolute atomic E-state index is 11.0. The first kappa shape index (κ1) is 11.7. The molecule has 0 fully saturated rings. The molecule has 1 atom stereocenters. The van der Waals surface area contributed by atoms with Gasteiger partial charge in [0.2, 0.25) is 0 Å². The standard InChI is InChI=1S/C10H19N3O2/c1-8(11-10(14)15-4)5-9-6-12(2)7-13(9)3/h6,8H,5,7H2,1-4H3,(H,11,14). The highest BCUT2D eigenvalue weighted by Gasteiger charge is 2.17. The third kappa shape index (κ3) is 3.34. The summed E-state index contributed by atoms with van der Waals surface area (Å²) in [6.45, 7) is 2.87. The van der Waals surface area contributed by atoms with Crippen molar-refractivity contribution in [3.63, 3.8) is 0 Å². The normalized spacial score (nSPS) is 17.5. The molecule has 1 aliphatic rings. The molecule has 0 aromatic rings. The van der Waals surface area contributed by atoms with Crippen LogP contribution in [0.25, 0.3) is 0 Å². The molecule has 1 N–H and O–H groups in total. The van der Waals surface area contributed by atoms with Crippen LogP contribution in [-0.4, -0.2) is 49.8 Å². The minimum absolute atomic E-state index is 0.0812. The lowest BCUT2D eigenvalue weighted by atomic mass is 10.2. The minimum Gasteiger partial charge on any atom is -0.453 e. The number of amides is 1. The Kier molecular flexibility index (Phi) is 3.82. The zero-order valence-corrected chi connectivity index (χ0v) is 9.78. The van der Waals surface area contributed by atoms with Gasteiger partial charge in [0.25, 0.3) is 0 Å². The number of methoxy groups -OCH3 is 1. The average Bonchev–Trinajstić information content (AvgIpc) is 2.44. The summed E-state index contributed by atoms with van der Waals surface area (Å²) in [5.41, 5.74) is 1.22. The summed E-state index contributed by atoms with van der Waals surface area (Å²) < 4.78 is 4.54. The lowest BCUT2D eigenvalue weighted by Gasteiger charge is -2.19. The number of carbonyl (C=O) groups excluding carboxylic acids is 1. The van der Waals surface area contributed by atoms with E-state index in [1.165, 1.54) is 12.8 Å². The first-order valence-corrected chi connectivity index (χ1v) is 4.99. The van der Waals surface area contributed by atoms with E-state index in [-0.39, 0.29) is 12.1 Å². The van der Waals surface area contributed by atoms with E-state index >= 15 is 0 Å². The van der Waals surface area contributed by atoms with E-state index in [2.05, 4.69) is 26.1 Å². The van der Waals surface area contributed by atoms with Gasteiger partial charge in [-0.25, -0.2) is 4.79 Å². The Hall–Kier alpha value is -1.39. The largest absolute Gasteiger partial charge is 0.453 e. The summed E-state index contributed by atoms with van der Waals surface area (Å²) in [5.74, 6) is 0. The Balaban J connectivity index is 2.41. The molecule has 0 radical (unpaired) electrons. The molecule has 1 rings (SSSR count). The summed E-state index contributed by atoms with van der Waals surface area (Å²) in [6, 6.07) is 0.0812. The van der Waals surface area contributed by atoms with E-state index in [1.807, 2.05) is 21.0 Å². The molecule has 86 valence electrons. The fraction of sp³-hybridized carbons (Fsp3) is 0.700. The molecule has 0 saturated heterocycles. The number of carbonyl (C=O) groups is 1. The predicted molar refractivity (Wildman–Crippen MR) is 58.1 cm³/mol. The lowest BCUT2D eigenvalue weighted by molar-refractivity contribution is 0.167. The smallest absolute Gasteiger partial charge is 0.407 e. The van der Waals surface area contributed by atoms with Crippen molar-refractivity contribution in [2.75, 3.05) is 27.9 Å². The zero-order chi connectivity index (χ0) is 11.4. The molecule has 0 saturated carbocycles. The van der Waals surface area contributed by atoms with Crippen molar-refractivity contribution in [2.45, 2.75) is 19.4 Å². The monoisotopic (exact) mass is 213 g/mol. The summed E-state index contributed by atoms with van der Waals surface area (Å²) in [4.78, 5) is 15.2. The van der Waals surface area contributed by atoms with Crippen molar-refractivity contribution < 1.29 is 9.53 Å². The molecule has 1 heterocycles. The van der Waals surface area contributed by atoms with E-state index in [9.17, 15) is 4.79 Å². The minimum atomic E-state index is -0.378. The van der Waals surface area contributed by atoms with Gasteiger partial charge < -0.3 is 19.9 Å². The Bertz CT molecular complexity index is 265. The van der Waals surface area contributed by atoms with E-state index < -0.39 is 0 Å². The number of hydrogen-bond donors (Lipinski definition) is 1. The van der Waals surface area contributed by atoms with Crippen LogP contribution in [0.5, 0.6) is 0 Å². The van der Waals surface area contributed by atoms with Crippen molar-refractivity contribution in [1.29, 1.82) is 0 Å². The third-order valence-electron chi connectivity index (χ3n) is 2.36. The Morgan fingerprint density at radius 3 is 2.80 bits per heavy atom. The summed E-state index contributed by atoms with van der Waals surface area (Å²) in [6.07, 6.45) is 2.53. The van der Waals surface area contributed by atoms with Gasteiger partial charge in [0, 0.05) is 38.5 Å². The van der Waals surface area contributed by atoms with Crippen LogP contribution in [0.1, 0.15) is 13.3 Å². The van der Waals surface area contributed by atoms with E-state index in [4.69, 9.17) is 0 Å². The van der Waals surface area contributed by atoms with Crippen LogP contribution >= 0.6 is 0 Å². The zero-order valence-electron chi connectivity index (χ0n) is 9.78. The van der Waals surface area contributed by atoms with Gasteiger partial charge in [-0.3, -0.25) is 0 Å². The summed E-state index contributed by atoms with van der Waals surface area (Å²) in [5, 5.41) is 2.74. The number of rotatable bonds is 3. The number of nitrogens with zero attached hydrogens (tertiary/aromatic N) is 2. The number of alkyl carbamates (subject to hydrolysis) is 1. The molecule has 5 heteroatoms. The van der Waals surface area contributed by atoms with Gasteiger partial charge in [-0.15, -0.1) is 0 Å². The molecule has 0 spiro atoms. The quantitative estimate of drug-likeness (QED) is 0.753. The van der Waals surface area contributed by atoms with Crippen LogP contribution < -0.4 is 5.32 Å². The second-order valence-electron chi connectivity index (χ2n) is 3.96. The van der Waals surface area contributed by atoms with E-state index in [0.29, 0.717) is 0 Å². The van der Waals surface area contributed by atoms with Gasteiger partial charge in [-0.1, -0.05) is 0 Å². The Morgan fingerprint density at radius 2 is 2.33 bits per heavy atom. The molecule has 1 unspecified atom stereocenters. The fourth-order valence-electron chi connectivity index (χ4n) is 1.65. The predicted octanol–water partition coefficient (Wildman–Crippen LogP) is 0.797. The van der Waals surface area contributed by atoms with Crippen LogP contribution in [0.3, 0.4) is 0 Å². The van der Waals surface area contributed by atoms with Gasteiger partial charge in [-0.2, -0.15) is 0 Å². The van der Waals surface area contributed by atoms with Gasteiger partial charge in [0.15, 0.2) is 0 Å². The van der Waals surface area contributed by atoms with Crippen molar-refractivity contribution in [3.8, 4) is 0 Å². The molecule has 0 aromatic heterocycles. The maximum atomic E-state index is 11.0. The molecule has 1 aliphatic heterocycles. The lowest BCUT2D eigenvalue weighted by Crippen LogP contribution is -2.34. The Morgan fingerprint density at radius 1 is 1.67 bits per heavy atom. The van der Waals surface area contributed by atoms with Crippen molar-refractivity contribution in [1.82, 2.24) is 15.1 Å². The summed E-state index contributed by atoms with van der Waals surface area (Å²) in [7, 11) is 5.44. The van der Waals surface area contributed by atoms with Gasteiger partial charge in [0.05, 0.1) is 13.8 Å². The number of hydrogen-bond acceptors (Lipinski definition) is 4. The van der Waals surface area contributed by atoms with E-state index in [1.54, 1.807) is 0 Å². The highest BCUT2D eigenvalue weighted by atomic mass is 16.5.